The molecule has 1 rings (SSSR count). The Morgan fingerprint density at radius 2 is 2.41 bits per heavy atom. The van der Waals surface area contributed by atoms with E-state index in [-0.39, 0.29) is 12.0 Å². The van der Waals surface area contributed by atoms with E-state index in [4.69, 9.17) is 4.74 Å². The summed E-state index contributed by atoms with van der Waals surface area (Å²) in [6.07, 6.45) is 1.44. The van der Waals surface area contributed by atoms with E-state index in [0.717, 1.165) is 0 Å². The van der Waals surface area contributed by atoms with Crippen LogP contribution >= 0.6 is 11.8 Å². The fourth-order valence-corrected chi connectivity index (χ4v) is 2.36. The topological polar surface area (TPSA) is 79.9 Å². The van der Waals surface area contributed by atoms with Crippen LogP contribution in [0.1, 0.15) is 20.8 Å². The van der Waals surface area contributed by atoms with Crippen molar-refractivity contribution in [3.05, 3.63) is 6.33 Å². The van der Waals surface area contributed by atoms with Crippen LogP contribution in [-0.2, 0) is 9.53 Å². The van der Waals surface area contributed by atoms with E-state index in [1.807, 2.05) is 20.8 Å². The van der Waals surface area contributed by atoms with Gasteiger partial charge in [0.05, 0.1) is 7.11 Å². The summed E-state index contributed by atoms with van der Waals surface area (Å²) in [5.74, 6) is 0.241. The monoisotopic (exact) mass is 258 g/mol. The minimum Gasteiger partial charge on any atom is -0.468 e. The fraction of sp³-hybridized carbons (Fsp3) is 0.700. The molecule has 0 radical (unpaired) electrons. The third-order valence-electron chi connectivity index (χ3n) is 2.13. The number of nitrogens with one attached hydrogen (secondary N) is 2. The van der Waals surface area contributed by atoms with E-state index in [1.165, 1.54) is 25.2 Å². The molecular formula is C10H18N4O2S. The molecule has 1 heterocycles. The summed E-state index contributed by atoms with van der Waals surface area (Å²) >= 11 is 1.43. The van der Waals surface area contributed by atoms with Crippen LogP contribution in [0.15, 0.2) is 11.5 Å². The predicted octanol–water partition coefficient (Wildman–Crippen LogP) is 0.826. The quantitative estimate of drug-likeness (QED) is 0.581. The van der Waals surface area contributed by atoms with Crippen molar-refractivity contribution in [1.82, 2.24) is 20.5 Å². The second-order valence-electron chi connectivity index (χ2n) is 4.20. The van der Waals surface area contributed by atoms with Crippen molar-refractivity contribution in [3.63, 3.8) is 0 Å². The van der Waals surface area contributed by atoms with E-state index in [9.17, 15) is 4.79 Å². The Kier molecular flexibility index (Phi) is 4.95. The molecule has 96 valence electrons. The number of ether oxygens (including phenoxy) is 1. The molecule has 0 aromatic carbocycles. The average molecular weight is 258 g/mol. The first-order chi connectivity index (χ1) is 7.98. The van der Waals surface area contributed by atoms with Crippen LogP contribution in [0.4, 0.5) is 0 Å². The van der Waals surface area contributed by atoms with Gasteiger partial charge in [-0.1, -0.05) is 11.8 Å². The highest BCUT2D eigenvalue weighted by molar-refractivity contribution is 7.99. The van der Waals surface area contributed by atoms with Crippen LogP contribution in [0.5, 0.6) is 0 Å². The van der Waals surface area contributed by atoms with Gasteiger partial charge in [-0.05, 0) is 20.8 Å². The summed E-state index contributed by atoms with van der Waals surface area (Å²) < 4.78 is 4.83. The number of methoxy groups -OCH3 is 1. The minimum atomic E-state index is -0.736. The number of esters is 1. The highest BCUT2D eigenvalue weighted by atomic mass is 32.2. The maximum Gasteiger partial charge on any atom is 0.326 e. The number of hydrogen-bond acceptors (Lipinski definition) is 6. The molecule has 1 aromatic rings. The molecule has 17 heavy (non-hydrogen) atoms. The van der Waals surface area contributed by atoms with Gasteiger partial charge in [-0.2, -0.15) is 5.10 Å². The lowest BCUT2D eigenvalue weighted by Crippen LogP contribution is -2.54. The van der Waals surface area contributed by atoms with E-state index >= 15 is 0 Å². The zero-order valence-corrected chi connectivity index (χ0v) is 11.3. The molecule has 0 fully saturated rings. The first-order valence-corrected chi connectivity index (χ1v) is 6.31. The number of aromatic nitrogens is 3. The maximum atomic E-state index is 11.8. The van der Waals surface area contributed by atoms with Crippen LogP contribution in [0.25, 0.3) is 0 Å². The van der Waals surface area contributed by atoms with Crippen molar-refractivity contribution >= 4 is 17.7 Å². The fourth-order valence-electron chi connectivity index (χ4n) is 1.50. The summed E-state index contributed by atoms with van der Waals surface area (Å²) in [5.41, 5.74) is -0.736. The third kappa shape index (κ3) is 4.01. The number of H-pyrrole nitrogens is 1. The number of nitrogens with zero attached hydrogens (tertiary/aromatic N) is 2. The normalized spacial score (nSPS) is 14.6. The Morgan fingerprint density at radius 1 is 1.71 bits per heavy atom. The number of rotatable bonds is 6. The van der Waals surface area contributed by atoms with Gasteiger partial charge in [0.15, 0.2) is 5.16 Å². The number of carbonyl (C=O) groups excluding carboxylic acids is 1. The van der Waals surface area contributed by atoms with E-state index in [2.05, 4.69) is 20.5 Å². The van der Waals surface area contributed by atoms with Crippen LogP contribution in [0.2, 0.25) is 0 Å². The third-order valence-corrected chi connectivity index (χ3v) is 3.33. The molecule has 0 saturated carbocycles. The number of thioether (sulfide) groups is 1. The average Bonchev–Trinajstić information content (AvgIpc) is 2.77. The molecule has 1 aromatic heterocycles. The second kappa shape index (κ2) is 6.02. The molecule has 2 N–H and O–H groups in total. The lowest BCUT2D eigenvalue weighted by Gasteiger charge is -2.29. The van der Waals surface area contributed by atoms with Crippen molar-refractivity contribution in [1.29, 1.82) is 0 Å². The Hall–Kier alpha value is -1.08. The van der Waals surface area contributed by atoms with Gasteiger partial charge in [-0.3, -0.25) is 15.2 Å². The molecule has 0 aliphatic rings. The molecule has 0 aliphatic heterocycles. The Balaban J connectivity index is 2.66. The second-order valence-corrected chi connectivity index (χ2v) is 5.17. The number of aromatic amines is 1. The highest BCUT2D eigenvalue weighted by Gasteiger charge is 2.35. The Labute approximate surface area is 105 Å². The Morgan fingerprint density at radius 3 is 2.88 bits per heavy atom. The first kappa shape index (κ1) is 14.0. The van der Waals surface area contributed by atoms with Crippen LogP contribution < -0.4 is 5.32 Å². The van der Waals surface area contributed by atoms with Crippen LogP contribution in [0.3, 0.4) is 0 Å². The van der Waals surface area contributed by atoms with Crippen molar-refractivity contribution in [2.24, 2.45) is 0 Å². The van der Waals surface area contributed by atoms with Crippen LogP contribution in [0, 0.1) is 0 Å². The Bertz CT molecular complexity index is 355. The van der Waals surface area contributed by atoms with Gasteiger partial charge in [0.2, 0.25) is 0 Å². The molecule has 0 saturated heterocycles. The lowest BCUT2D eigenvalue weighted by molar-refractivity contribution is -0.147. The molecular weight excluding hydrogens is 240 g/mol. The molecule has 1 unspecified atom stereocenters. The predicted molar refractivity (Wildman–Crippen MR) is 65.8 cm³/mol. The van der Waals surface area contributed by atoms with Crippen molar-refractivity contribution < 1.29 is 9.53 Å². The molecule has 0 aliphatic carbocycles. The van der Waals surface area contributed by atoms with Gasteiger partial charge >= 0.3 is 5.97 Å². The van der Waals surface area contributed by atoms with Gasteiger partial charge in [0, 0.05) is 11.8 Å². The number of carbonyl (C=O) groups is 1. The smallest absolute Gasteiger partial charge is 0.326 e. The van der Waals surface area contributed by atoms with E-state index < -0.39 is 5.54 Å². The molecule has 0 bridgehead atoms. The lowest BCUT2D eigenvalue weighted by atomic mass is 10.0. The van der Waals surface area contributed by atoms with Gasteiger partial charge in [0.1, 0.15) is 11.9 Å². The zero-order valence-electron chi connectivity index (χ0n) is 10.5. The highest BCUT2D eigenvalue weighted by Crippen LogP contribution is 2.20. The van der Waals surface area contributed by atoms with Gasteiger partial charge in [-0.25, -0.2) is 4.98 Å². The summed E-state index contributed by atoms with van der Waals surface area (Å²) in [7, 11) is 1.39. The van der Waals surface area contributed by atoms with E-state index in [1.54, 1.807) is 0 Å². The zero-order chi connectivity index (χ0) is 12.9. The largest absolute Gasteiger partial charge is 0.468 e. The number of hydrogen-bond donors (Lipinski definition) is 2. The minimum absolute atomic E-state index is 0.189. The van der Waals surface area contributed by atoms with Crippen LogP contribution in [-0.4, -0.2) is 45.6 Å². The summed E-state index contributed by atoms with van der Waals surface area (Å²) in [5, 5.41) is 10.4. The molecule has 6 nitrogen and oxygen atoms in total. The van der Waals surface area contributed by atoms with Crippen molar-refractivity contribution in [3.8, 4) is 0 Å². The van der Waals surface area contributed by atoms with Gasteiger partial charge in [0.25, 0.3) is 0 Å². The molecule has 0 spiro atoms. The summed E-state index contributed by atoms with van der Waals surface area (Å²) in [6, 6.07) is 0.189. The molecule has 1 atom stereocenters. The maximum absolute atomic E-state index is 11.8. The van der Waals surface area contributed by atoms with E-state index in [0.29, 0.717) is 10.9 Å². The SMILES string of the molecule is COC(=O)C(C)(CSc1ncn[nH]1)NC(C)C. The first-order valence-electron chi connectivity index (χ1n) is 5.32. The molecule has 7 heteroatoms. The van der Waals surface area contributed by atoms with Gasteiger partial charge < -0.3 is 4.74 Å². The standard InChI is InChI=1S/C10H18N4O2S/c1-7(2)13-10(3,8(15)16-4)5-17-9-11-6-12-14-9/h6-7,13H,5H2,1-4H3,(H,11,12,14). The van der Waals surface area contributed by atoms with Gasteiger partial charge in [-0.15, -0.1) is 0 Å². The van der Waals surface area contributed by atoms with Crippen molar-refractivity contribution in [2.45, 2.75) is 37.5 Å². The summed E-state index contributed by atoms with van der Waals surface area (Å²) in [6.45, 7) is 5.79. The summed E-state index contributed by atoms with van der Waals surface area (Å²) in [4.78, 5) is 15.8. The molecule has 0 amide bonds. The van der Waals surface area contributed by atoms with Crippen molar-refractivity contribution in [2.75, 3.05) is 12.9 Å².